The van der Waals surface area contributed by atoms with Gasteiger partial charge in [-0.05, 0) is 25.0 Å². The van der Waals surface area contributed by atoms with Crippen molar-refractivity contribution in [2.45, 2.75) is 18.8 Å². The smallest absolute Gasteiger partial charge is 0.325 e. The molecule has 4 amide bonds. The molecule has 0 bridgehead atoms. The molecule has 0 saturated carbocycles. The number of carbonyl (C=O) groups is 3. The Morgan fingerprint density at radius 3 is 2.92 bits per heavy atom. The summed E-state index contributed by atoms with van der Waals surface area (Å²) in [5, 5.41) is 2.18. The third-order valence-corrected chi connectivity index (χ3v) is 4.63. The number of imide groups is 1. The molecule has 0 unspecified atom stereocenters. The number of oxazole rings is 1. The number of hydrogen-bond acceptors (Lipinski definition) is 5. The number of carbonyl (C=O) groups excluding carboxylic acids is 3. The summed E-state index contributed by atoms with van der Waals surface area (Å²) >= 11 is 0. The molecule has 0 radical (unpaired) electrons. The van der Waals surface area contributed by atoms with E-state index in [4.69, 9.17) is 4.42 Å². The lowest BCUT2D eigenvalue weighted by atomic mass is 9.98. The molecule has 1 aromatic heterocycles. The number of likely N-dealkylation sites (tertiary alicyclic amines) is 1. The van der Waals surface area contributed by atoms with Crippen molar-refractivity contribution in [2.75, 3.05) is 26.2 Å². The van der Waals surface area contributed by atoms with E-state index in [9.17, 15) is 14.4 Å². The summed E-state index contributed by atoms with van der Waals surface area (Å²) in [6, 6.07) is 7.08. The molecule has 8 heteroatoms. The van der Waals surface area contributed by atoms with Gasteiger partial charge in [-0.1, -0.05) is 12.1 Å². The lowest BCUT2D eigenvalue weighted by Gasteiger charge is -2.32. The zero-order valence-corrected chi connectivity index (χ0v) is 13.6. The predicted molar refractivity (Wildman–Crippen MR) is 87.7 cm³/mol. The number of urea groups is 1. The molecule has 2 saturated heterocycles. The average Bonchev–Trinajstić information content (AvgIpc) is 3.18. The summed E-state index contributed by atoms with van der Waals surface area (Å²) in [6.07, 6.45) is 1.75. The van der Waals surface area contributed by atoms with Crippen LogP contribution < -0.4 is 5.32 Å². The highest BCUT2D eigenvalue weighted by Crippen LogP contribution is 2.29. The van der Waals surface area contributed by atoms with E-state index in [1.54, 1.807) is 4.90 Å². The van der Waals surface area contributed by atoms with E-state index in [2.05, 4.69) is 10.3 Å². The van der Waals surface area contributed by atoms with Crippen LogP contribution >= 0.6 is 0 Å². The Kier molecular flexibility index (Phi) is 3.87. The van der Waals surface area contributed by atoms with Crippen molar-refractivity contribution in [1.29, 1.82) is 0 Å². The van der Waals surface area contributed by atoms with E-state index in [1.807, 2.05) is 24.3 Å². The Balaban J connectivity index is 1.44. The Labute approximate surface area is 143 Å². The first-order valence-corrected chi connectivity index (χ1v) is 8.32. The van der Waals surface area contributed by atoms with Gasteiger partial charge in [0.1, 0.15) is 18.6 Å². The van der Waals surface area contributed by atoms with Gasteiger partial charge in [-0.3, -0.25) is 14.9 Å². The minimum Gasteiger partial charge on any atom is -0.440 e. The number of benzene rings is 1. The summed E-state index contributed by atoms with van der Waals surface area (Å²) in [6.45, 7) is 0.999. The van der Waals surface area contributed by atoms with Crippen LogP contribution in [0.5, 0.6) is 0 Å². The lowest BCUT2D eigenvalue weighted by molar-refractivity contribution is -0.133. The third kappa shape index (κ3) is 3.07. The van der Waals surface area contributed by atoms with Gasteiger partial charge in [-0.15, -0.1) is 0 Å². The summed E-state index contributed by atoms with van der Waals surface area (Å²) in [5.74, 6) is 0.151. The van der Waals surface area contributed by atoms with Crippen LogP contribution in [-0.2, 0) is 9.59 Å². The monoisotopic (exact) mass is 342 g/mol. The molecule has 2 aliphatic rings. The highest BCUT2D eigenvalue weighted by molar-refractivity contribution is 6.03. The molecule has 0 spiro atoms. The minimum atomic E-state index is -0.508. The number of amides is 4. The zero-order chi connectivity index (χ0) is 17.4. The number of hydrogen-bond donors (Lipinski definition) is 1. The Morgan fingerprint density at radius 2 is 2.16 bits per heavy atom. The van der Waals surface area contributed by atoms with E-state index in [0.717, 1.165) is 23.9 Å². The summed E-state index contributed by atoms with van der Waals surface area (Å²) in [7, 11) is 0. The summed E-state index contributed by atoms with van der Waals surface area (Å²) in [5.41, 5.74) is 1.56. The van der Waals surface area contributed by atoms with Gasteiger partial charge in [0.25, 0.3) is 0 Å². The number of piperidine rings is 1. The normalized spacial score (nSPS) is 21.0. The second-order valence-corrected chi connectivity index (χ2v) is 6.41. The fourth-order valence-corrected chi connectivity index (χ4v) is 3.34. The van der Waals surface area contributed by atoms with Crippen molar-refractivity contribution in [1.82, 2.24) is 20.1 Å². The predicted octanol–water partition coefficient (Wildman–Crippen LogP) is 1.09. The quantitative estimate of drug-likeness (QED) is 0.842. The van der Waals surface area contributed by atoms with E-state index in [1.165, 1.54) is 4.90 Å². The van der Waals surface area contributed by atoms with Gasteiger partial charge in [-0.2, -0.15) is 0 Å². The molecule has 4 rings (SSSR count). The van der Waals surface area contributed by atoms with Crippen LogP contribution in [0, 0.1) is 0 Å². The molecular weight excluding hydrogens is 324 g/mol. The highest BCUT2D eigenvalue weighted by atomic mass is 16.3. The molecule has 2 fully saturated rings. The Hall–Kier alpha value is -2.90. The molecule has 1 atom stereocenters. The maximum Gasteiger partial charge on any atom is 0.325 e. The van der Waals surface area contributed by atoms with Crippen molar-refractivity contribution in [3.63, 3.8) is 0 Å². The number of para-hydroxylation sites is 2. The highest BCUT2D eigenvalue weighted by Gasteiger charge is 2.32. The largest absolute Gasteiger partial charge is 0.440 e. The van der Waals surface area contributed by atoms with Gasteiger partial charge < -0.3 is 14.2 Å². The van der Waals surface area contributed by atoms with Crippen LogP contribution in [-0.4, -0.2) is 58.8 Å². The van der Waals surface area contributed by atoms with Gasteiger partial charge in [0.05, 0.1) is 5.92 Å². The first-order chi connectivity index (χ1) is 12.1. The van der Waals surface area contributed by atoms with E-state index < -0.39 is 6.03 Å². The van der Waals surface area contributed by atoms with E-state index >= 15 is 0 Å². The maximum atomic E-state index is 12.5. The molecule has 2 aromatic rings. The Bertz CT molecular complexity index is 813. The molecule has 0 aliphatic carbocycles. The van der Waals surface area contributed by atoms with Gasteiger partial charge in [-0.25, -0.2) is 9.78 Å². The number of aromatic nitrogens is 1. The first kappa shape index (κ1) is 15.6. The van der Waals surface area contributed by atoms with Crippen molar-refractivity contribution in [3.8, 4) is 0 Å². The zero-order valence-electron chi connectivity index (χ0n) is 13.6. The molecule has 2 aliphatic heterocycles. The van der Waals surface area contributed by atoms with Crippen LogP contribution in [0.2, 0.25) is 0 Å². The average molecular weight is 342 g/mol. The summed E-state index contributed by atoms with van der Waals surface area (Å²) in [4.78, 5) is 42.8. The molecule has 25 heavy (non-hydrogen) atoms. The van der Waals surface area contributed by atoms with Crippen molar-refractivity contribution >= 4 is 28.9 Å². The second-order valence-electron chi connectivity index (χ2n) is 6.41. The van der Waals surface area contributed by atoms with Crippen molar-refractivity contribution < 1.29 is 18.8 Å². The number of fused-ring (bicyclic) bond motifs is 1. The van der Waals surface area contributed by atoms with Gasteiger partial charge >= 0.3 is 6.03 Å². The summed E-state index contributed by atoms with van der Waals surface area (Å²) < 4.78 is 5.83. The van der Waals surface area contributed by atoms with Crippen LogP contribution in [0.4, 0.5) is 4.79 Å². The van der Waals surface area contributed by atoms with Gasteiger partial charge in [0, 0.05) is 13.1 Å². The van der Waals surface area contributed by atoms with E-state index in [0.29, 0.717) is 19.0 Å². The van der Waals surface area contributed by atoms with Crippen molar-refractivity contribution in [3.05, 3.63) is 30.2 Å². The molecule has 130 valence electrons. The van der Waals surface area contributed by atoms with E-state index in [-0.39, 0.29) is 30.8 Å². The third-order valence-electron chi connectivity index (χ3n) is 4.63. The SMILES string of the molecule is O=C1CN(CC(=O)N2CCC[C@@H](c3nc4ccccc4o3)C2)C(=O)N1. The number of nitrogens with zero attached hydrogens (tertiary/aromatic N) is 3. The topological polar surface area (TPSA) is 95.8 Å². The molecular formula is C17H18N4O4. The minimum absolute atomic E-state index is 0.0409. The lowest BCUT2D eigenvalue weighted by Crippen LogP contribution is -2.45. The molecule has 1 aromatic carbocycles. The Morgan fingerprint density at radius 1 is 1.32 bits per heavy atom. The maximum absolute atomic E-state index is 12.5. The molecule has 8 nitrogen and oxygen atoms in total. The van der Waals surface area contributed by atoms with Crippen LogP contribution in [0.25, 0.3) is 11.1 Å². The standard InChI is InChI=1S/C17H18N4O4/c22-14-9-21(17(24)19-14)10-15(23)20-7-3-4-11(8-20)16-18-12-5-1-2-6-13(12)25-16/h1-2,5-6,11H,3-4,7-10H2,(H,19,22,24)/t11-/m1/s1. The molecule has 3 heterocycles. The van der Waals surface area contributed by atoms with Crippen LogP contribution in [0.1, 0.15) is 24.7 Å². The van der Waals surface area contributed by atoms with Crippen LogP contribution in [0.15, 0.2) is 28.7 Å². The molecule has 1 N–H and O–H groups in total. The van der Waals surface area contributed by atoms with Crippen molar-refractivity contribution in [2.24, 2.45) is 0 Å². The first-order valence-electron chi connectivity index (χ1n) is 8.32. The van der Waals surface area contributed by atoms with Crippen LogP contribution in [0.3, 0.4) is 0 Å². The van der Waals surface area contributed by atoms with Gasteiger partial charge in [0.15, 0.2) is 11.5 Å². The van der Waals surface area contributed by atoms with Gasteiger partial charge in [0.2, 0.25) is 11.8 Å². The number of rotatable bonds is 3. The second kappa shape index (κ2) is 6.19. The fourth-order valence-electron chi connectivity index (χ4n) is 3.34. The number of nitrogens with one attached hydrogen (secondary N) is 1. The fraction of sp³-hybridized carbons (Fsp3) is 0.412.